The van der Waals surface area contributed by atoms with Crippen molar-refractivity contribution in [3.8, 4) is 51.7 Å². The topological polar surface area (TPSA) is 100 Å². The van der Waals surface area contributed by atoms with E-state index in [1.165, 1.54) is 64.0 Å². The van der Waals surface area contributed by atoms with Crippen molar-refractivity contribution in [2.24, 2.45) is 0 Å². The highest BCUT2D eigenvalue weighted by atomic mass is 32.2. The van der Waals surface area contributed by atoms with E-state index >= 15 is 4.21 Å². The van der Waals surface area contributed by atoms with Gasteiger partial charge in [0.15, 0.2) is 34.5 Å². The second-order valence-corrected chi connectivity index (χ2v) is 9.98. The van der Waals surface area contributed by atoms with E-state index in [4.69, 9.17) is 42.6 Å². The summed E-state index contributed by atoms with van der Waals surface area (Å²) in [6, 6.07) is 9.68. The maximum Gasteiger partial charge on any atom is 0.253 e. The molecule has 0 aliphatic rings. The average molecular weight is 550 g/mol. The minimum absolute atomic E-state index is 0.187. The monoisotopic (exact) mass is 549 g/mol. The van der Waals surface area contributed by atoms with Crippen LogP contribution in [0.25, 0.3) is 0 Å². The second-order valence-electron chi connectivity index (χ2n) is 7.64. The van der Waals surface area contributed by atoms with Crippen LogP contribution in [0.1, 0.15) is 0 Å². The number of benzene rings is 3. The molecule has 0 spiro atoms. The van der Waals surface area contributed by atoms with Crippen molar-refractivity contribution in [3.05, 3.63) is 36.4 Å². The molecular weight excluding hydrogens is 516 g/mol. The van der Waals surface area contributed by atoms with Crippen LogP contribution in [-0.2, 0) is 14.1 Å². The number of ether oxygens (including phenoxy) is 9. The van der Waals surface area contributed by atoms with Crippen molar-refractivity contribution in [3.63, 3.8) is 0 Å². The molecule has 0 saturated carbocycles. The summed E-state index contributed by atoms with van der Waals surface area (Å²) in [6.07, 6.45) is 0. The van der Waals surface area contributed by atoms with Gasteiger partial charge in [0.05, 0.1) is 64.0 Å². The van der Waals surface area contributed by atoms with Crippen LogP contribution in [0.5, 0.6) is 51.7 Å². The van der Waals surface area contributed by atoms with Crippen molar-refractivity contribution in [2.45, 2.75) is 14.7 Å². The summed E-state index contributed by atoms with van der Waals surface area (Å²) in [4.78, 5) is 0.561. The molecule has 0 atom stereocenters. The van der Waals surface area contributed by atoms with E-state index in [0.29, 0.717) is 17.2 Å². The summed E-state index contributed by atoms with van der Waals surface area (Å²) in [5.74, 6) is 2.68. The highest BCUT2D eigenvalue weighted by molar-refractivity contribution is 8.03. The molecule has 11 heteroatoms. The average Bonchev–Trinajstić information content (AvgIpc) is 2.97. The molecule has 10 nitrogen and oxygen atoms in total. The van der Waals surface area contributed by atoms with Gasteiger partial charge in [0.25, 0.3) is 14.7 Å². The quantitative estimate of drug-likeness (QED) is 0.295. The maximum atomic E-state index is 16.1. The number of rotatable bonds is 12. The molecule has 0 bridgehead atoms. The van der Waals surface area contributed by atoms with Gasteiger partial charge in [0, 0.05) is 36.4 Å². The van der Waals surface area contributed by atoms with Crippen molar-refractivity contribution < 1.29 is 46.8 Å². The number of methoxy groups -OCH3 is 9. The normalized spacial score (nSPS) is 10.9. The number of hydrogen-bond acceptors (Lipinski definition) is 10. The van der Waals surface area contributed by atoms with Gasteiger partial charge in [-0.1, -0.05) is 4.21 Å². The summed E-state index contributed by atoms with van der Waals surface area (Å²) in [6.45, 7) is 0. The zero-order valence-corrected chi connectivity index (χ0v) is 23.8. The highest BCUT2D eigenvalue weighted by Crippen LogP contribution is 2.58. The summed E-state index contributed by atoms with van der Waals surface area (Å²) >= 11 is 0. The lowest BCUT2D eigenvalue weighted by molar-refractivity contribution is 0.350. The Kier molecular flexibility index (Phi) is 9.05. The van der Waals surface area contributed by atoms with Gasteiger partial charge < -0.3 is 42.6 Å². The van der Waals surface area contributed by atoms with Crippen molar-refractivity contribution in [1.82, 2.24) is 0 Å². The van der Waals surface area contributed by atoms with Gasteiger partial charge in [0.1, 0.15) is 17.2 Å². The van der Waals surface area contributed by atoms with Crippen molar-refractivity contribution in [2.75, 3.05) is 64.0 Å². The first-order valence-corrected chi connectivity index (χ1v) is 12.8. The Morgan fingerprint density at radius 3 is 0.684 bits per heavy atom. The Balaban J connectivity index is 2.70. The minimum Gasteiger partial charge on any atom is -0.496 e. The Morgan fingerprint density at radius 2 is 0.553 bits per heavy atom. The van der Waals surface area contributed by atoms with Gasteiger partial charge in [-0.2, -0.15) is 0 Å². The third-order valence-electron chi connectivity index (χ3n) is 5.87. The standard InChI is InChI=1S/C27H33O10S/c1-29-16-10-19(32-4)25(20(11-16)33-5)38(28,26-21(34-6)12-17(30-2)13-22(26)35-7)27-23(36-8)14-18(31-3)15-24(27)37-9/h10-15H,1-9H3/q+1. The van der Waals surface area contributed by atoms with Crippen LogP contribution in [0.4, 0.5) is 0 Å². The summed E-state index contributed by atoms with van der Waals surface area (Å²) < 4.78 is 66.9. The van der Waals surface area contributed by atoms with Gasteiger partial charge in [0.2, 0.25) is 9.93 Å². The van der Waals surface area contributed by atoms with Crippen molar-refractivity contribution >= 4 is 9.93 Å². The van der Waals surface area contributed by atoms with E-state index < -0.39 is 9.93 Å². The van der Waals surface area contributed by atoms with Crippen LogP contribution in [0.2, 0.25) is 0 Å². The molecule has 206 valence electrons. The molecule has 3 aromatic carbocycles. The SMILES string of the molecule is COc1cc(OC)c([S+](=O)(c2c(OC)cc(OC)cc2OC)c2c(OC)cc(OC)cc2OC)c(OC)c1. The molecule has 0 aliphatic carbocycles. The maximum absolute atomic E-state index is 16.1. The van der Waals surface area contributed by atoms with Gasteiger partial charge in [-0.3, -0.25) is 0 Å². The predicted molar refractivity (Wildman–Crippen MR) is 141 cm³/mol. The molecule has 0 radical (unpaired) electrons. The lowest BCUT2D eigenvalue weighted by Gasteiger charge is -2.23. The molecule has 0 aromatic heterocycles. The summed E-state index contributed by atoms with van der Waals surface area (Å²) in [5, 5.41) is 0. The summed E-state index contributed by atoms with van der Waals surface area (Å²) in [5.41, 5.74) is 0. The van der Waals surface area contributed by atoms with Crippen LogP contribution in [-0.4, -0.2) is 64.0 Å². The Morgan fingerprint density at radius 1 is 0.368 bits per heavy atom. The molecular formula is C27H33O10S+. The van der Waals surface area contributed by atoms with Gasteiger partial charge in [-0.25, -0.2) is 0 Å². The fourth-order valence-corrected chi connectivity index (χ4v) is 7.24. The van der Waals surface area contributed by atoms with Gasteiger partial charge >= 0.3 is 0 Å². The molecule has 0 unspecified atom stereocenters. The zero-order chi connectivity index (χ0) is 28.0. The zero-order valence-electron chi connectivity index (χ0n) is 23.0. The van der Waals surface area contributed by atoms with Gasteiger partial charge in [-0.05, 0) is 0 Å². The smallest absolute Gasteiger partial charge is 0.253 e. The fourth-order valence-electron chi connectivity index (χ4n) is 4.08. The fraction of sp³-hybridized carbons (Fsp3) is 0.333. The Hall–Kier alpha value is -3.99. The van der Waals surface area contributed by atoms with E-state index in [1.807, 2.05) is 0 Å². The first-order valence-electron chi connectivity index (χ1n) is 11.3. The molecule has 0 amide bonds. The van der Waals surface area contributed by atoms with Crippen LogP contribution >= 0.6 is 0 Å². The van der Waals surface area contributed by atoms with E-state index in [9.17, 15) is 0 Å². The Bertz CT molecular complexity index is 1100. The molecule has 0 heterocycles. The third kappa shape index (κ3) is 4.81. The van der Waals surface area contributed by atoms with E-state index in [2.05, 4.69) is 0 Å². The molecule has 0 saturated heterocycles. The first kappa shape index (κ1) is 28.6. The van der Waals surface area contributed by atoms with Crippen LogP contribution < -0.4 is 42.6 Å². The molecule has 3 rings (SSSR count). The summed E-state index contributed by atoms with van der Waals surface area (Å²) in [7, 11) is 9.62. The van der Waals surface area contributed by atoms with Crippen LogP contribution in [0.15, 0.2) is 51.1 Å². The molecule has 0 N–H and O–H groups in total. The molecule has 38 heavy (non-hydrogen) atoms. The minimum atomic E-state index is -3.67. The Labute approximate surface area is 223 Å². The largest absolute Gasteiger partial charge is 0.496 e. The van der Waals surface area contributed by atoms with E-state index in [1.54, 1.807) is 36.4 Å². The lowest BCUT2D eigenvalue weighted by Crippen LogP contribution is -2.20. The highest BCUT2D eigenvalue weighted by Gasteiger charge is 2.53. The van der Waals surface area contributed by atoms with E-state index in [-0.39, 0.29) is 49.2 Å². The van der Waals surface area contributed by atoms with Crippen LogP contribution in [0.3, 0.4) is 0 Å². The molecule has 0 aliphatic heterocycles. The first-order chi connectivity index (χ1) is 18.3. The lowest BCUT2D eigenvalue weighted by atomic mass is 10.3. The van der Waals surface area contributed by atoms with Crippen molar-refractivity contribution in [1.29, 1.82) is 0 Å². The number of hydrogen-bond donors (Lipinski definition) is 0. The molecule has 3 aromatic rings. The second kappa shape index (κ2) is 12.0. The third-order valence-corrected chi connectivity index (χ3v) is 8.80. The molecule has 0 fully saturated rings. The van der Waals surface area contributed by atoms with Gasteiger partial charge in [-0.15, -0.1) is 0 Å². The predicted octanol–water partition coefficient (Wildman–Crippen LogP) is 4.74. The van der Waals surface area contributed by atoms with E-state index in [0.717, 1.165) is 0 Å². The van der Waals surface area contributed by atoms with Crippen LogP contribution in [0, 0.1) is 0 Å².